The van der Waals surface area contributed by atoms with Crippen LogP contribution in [0.5, 0.6) is 0 Å². The largest absolute Gasteiger partial charge is 0.388 e. The number of hydrogen-bond acceptors (Lipinski definition) is 2. The molecule has 0 unspecified atom stereocenters. The van der Waals surface area contributed by atoms with E-state index in [-0.39, 0.29) is 4.75 Å². The maximum Gasteiger partial charge on any atom is 0.0797 e. The highest BCUT2D eigenvalue weighted by molar-refractivity contribution is 8.01. The molecule has 2 aliphatic rings. The molecule has 1 N–H and O–H groups in total. The second-order valence-corrected chi connectivity index (χ2v) is 9.08. The summed E-state index contributed by atoms with van der Waals surface area (Å²) >= 11 is 1.95. The molecule has 2 heteroatoms. The van der Waals surface area contributed by atoms with Gasteiger partial charge in [-0.1, -0.05) is 76.0 Å². The molecule has 2 fully saturated rings. The van der Waals surface area contributed by atoms with Gasteiger partial charge in [0.2, 0.25) is 0 Å². The zero-order chi connectivity index (χ0) is 16.0. The number of rotatable bonds is 3. The Morgan fingerprint density at radius 1 is 0.652 bits per heavy atom. The maximum atomic E-state index is 11.6. The van der Waals surface area contributed by atoms with E-state index >= 15 is 0 Å². The third-order valence-electron chi connectivity index (χ3n) is 5.79. The molecule has 1 aromatic rings. The predicted octanol–water partition coefficient (Wildman–Crippen LogP) is 6.35. The van der Waals surface area contributed by atoms with Crippen LogP contribution in [0, 0.1) is 0 Å². The van der Waals surface area contributed by atoms with Gasteiger partial charge in [0.15, 0.2) is 0 Å². The van der Waals surface area contributed by atoms with E-state index in [1.165, 1.54) is 75.5 Å². The van der Waals surface area contributed by atoms with E-state index < -0.39 is 5.60 Å². The fourth-order valence-corrected chi connectivity index (χ4v) is 5.59. The summed E-state index contributed by atoms with van der Waals surface area (Å²) in [5.74, 6) is 0. The zero-order valence-electron chi connectivity index (χ0n) is 14.4. The van der Waals surface area contributed by atoms with E-state index in [2.05, 4.69) is 30.3 Å². The van der Waals surface area contributed by atoms with Crippen molar-refractivity contribution in [2.75, 3.05) is 0 Å². The molecule has 2 saturated carbocycles. The highest BCUT2D eigenvalue weighted by Crippen LogP contribution is 2.61. The van der Waals surface area contributed by atoms with Crippen molar-refractivity contribution in [1.82, 2.24) is 0 Å². The molecule has 128 valence electrons. The van der Waals surface area contributed by atoms with Gasteiger partial charge in [0.25, 0.3) is 0 Å². The molecule has 0 heterocycles. The lowest BCUT2D eigenvalue weighted by Gasteiger charge is -2.37. The van der Waals surface area contributed by atoms with Gasteiger partial charge in [-0.25, -0.2) is 0 Å². The zero-order valence-corrected chi connectivity index (χ0v) is 15.3. The van der Waals surface area contributed by atoms with Crippen molar-refractivity contribution in [1.29, 1.82) is 0 Å². The van der Waals surface area contributed by atoms with Crippen LogP contribution >= 0.6 is 11.8 Å². The van der Waals surface area contributed by atoms with Gasteiger partial charge in [-0.2, -0.15) is 0 Å². The molecule has 0 atom stereocenters. The van der Waals surface area contributed by atoms with Crippen molar-refractivity contribution in [2.45, 2.75) is 98.7 Å². The molecule has 2 aliphatic carbocycles. The molecule has 0 aromatic heterocycles. The van der Waals surface area contributed by atoms with Crippen molar-refractivity contribution >= 4 is 11.8 Å². The molecule has 3 rings (SSSR count). The molecule has 0 saturated heterocycles. The molecule has 0 spiro atoms. The first kappa shape index (κ1) is 17.4. The van der Waals surface area contributed by atoms with Gasteiger partial charge in [0.05, 0.1) is 5.60 Å². The Balaban J connectivity index is 1.67. The Morgan fingerprint density at radius 3 is 1.61 bits per heavy atom. The summed E-state index contributed by atoms with van der Waals surface area (Å²) in [5, 5.41) is 11.6. The van der Waals surface area contributed by atoms with Gasteiger partial charge in [-0.3, -0.25) is 0 Å². The fourth-order valence-electron chi connectivity index (χ4n) is 4.14. The summed E-state index contributed by atoms with van der Waals surface area (Å²) in [6.45, 7) is 0. The number of benzene rings is 1. The minimum Gasteiger partial charge on any atom is -0.388 e. The second-order valence-electron chi connectivity index (χ2n) is 7.62. The Kier molecular flexibility index (Phi) is 6.09. The van der Waals surface area contributed by atoms with Crippen molar-refractivity contribution in [2.24, 2.45) is 0 Å². The van der Waals surface area contributed by atoms with Crippen LogP contribution < -0.4 is 0 Å². The summed E-state index contributed by atoms with van der Waals surface area (Å²) in [5.41, 5.74) is -0.452. The predicted molar refractivity (Wildman–Crippen MR) is 100 cm³/mol. The van der Waals surface area contributed by atoms with Crippen molar-refractivity contribution < 1.29 is 5.11 Å². The van der Waals surface area contributed by atoms with Gasteiger partial charge >= 0.3 is 0 Å². The quantitative estimate of drug-likeness (QED) is 0.696. The number of aliphatic hydroxyl groups is 1. The molecule has 0 amide bonds. The highest BCUT2D eigenvalue weighted by atomic mass is 32.2. The van der Waals surface area contributed by atoms with Crippen LogP contribution in [0.4, 0.5) is 0 Å². The molecule has 0 aliphatic heterocycles. The van der Waals surface area contributed by atoms with Crippen LogP contribution in [0.25, 0.3) is 0 Å². The van der Waals surface area contributed by atoms with Crippen LogP contribution in [-0.2, 0) is 0 Å². The van der Waals surface area contributed by atoms with Crippen molar-refractivity contribution in [3.8, 4) is 0 Å². The Labute approximate surface area is 146 Å². The van der Waals surface area contributed by atoms with Gasteiger partial charge in [0, 0.05) is 9.64 Å². The van der Waals surface area contributed by atoms with Crippen molar-refractivity contribution in [3.05, 3.63) is 30.3 Å². The smallest absolute Gasteiger partial charge is 0.0797 e. The lowest BCUT2D eigenvalue weighted by Crippen LogP contribution is -2.42. The molecule has 0 radical (unpaired) electrons. The summed E-state index contributed by atoms with van der Waals surface area (Å²) in [4.78, 5) is 1.32. The third-order valence-corrected chi connectivity index (χ3v) is 7.48. The summed E-state index contributed by atoms with van der Waals surface area (Å²) in [6, 6.07) is 10.7. The average molecular weight is 333 g/mol. The van der Waals surface area contributed by atoms with Crippen LogP contribution in [-0.4, -0.2) is 15.5 Å². The van der Waals surface area contributed by atoms with Crippen LogP contribution in [0.2, 0.25) is 0 Å². The topological polar surface area (TPSA) is 20.2 Å². The first-order valence-electron chi connectivity index (χ1n) is 9.71. The average Bonchev–Trinajstić information content (AvgIpc) is 3.33. The lowest BCUT2D eigenvalue weighted by atomic mass is 9.84. The lowest BCUT2D eigenvalue weighted by molar-refractivity contribution is 0.00795. The summed E-state index contributed by atoms with van der Waals surface area (Å²) in [6.07, 6.45) is 16.3. The Morgan fingerprint density at radius 2 is 1.13 bits per heavy atom. The summed E-state index contributed by atoms with van der Waals surface area (Å²) < 4.78 is 0.0957. The minimum absolute atomic E-state index is 0.0957. The fraction of sp³-hybridized carbons (Fsp3) is 0.714. The summed E-state index contributed by atoms with van der Waals surface area (Å²) in [7, 11) is 0. The first-order valence-corrected chi connectivity index (χ1v) is 10.5. The van der Waals surface area contributed by atoms with E-state index in [9.17, 15) is 5.11 Å². The minimum atomic E-state index is -0.452. The normalized spacial score (nSPS) is 25.1. The van der Waals surface area contributed by atoms with E-state index in [4.69, 9.17) is 0 Å². The maximum absolute atomic E-state index is 11.6. The molecular formula is C21H32OS. The first-order chi connectivity index (χ1) is 11.2. The molecule has 0 bridgehead atoms. The van der Waals surface area contributed by atoms with Crippen LogP contribution in [0.1, 0.15) is 83.5 Å². The molecular weight excluding hydrogens is 300 g/mol. The van der Waals surface area contributed by atoms with E-state index in [1.807, 2.05) is 11.8 Å². The van der Waals surface area contributed by atoms with E-state index in [0.29, 0.717) is 0 Å². The molecule has 1 aromatic carbocycles. The van der Waals surface area contributed by atoms with Crippen molar-refractivity contribution in [3.63, 3.8) is 0 Å². The molecule has 23 heavy (non-hydrogen) atoms. The van der Waals surface area contributed by atoms with Gasteiger partial charge < -0.3 is 5.11 Å². The number of thioether (sulfide) groups is 1. The van der Waals surface area contributed by atoms with Crippen LogP contribution in [0.3, 0.4) is 0 Å². The Hall–Kier alpha value is -0.470. The Bertz CT molecular complexity index is 454. The molecule has 1 nitrogen and oxygen atoms in total. The van der Waals surface area contributed by atoms with Gasteiger partial charge in [0.1, 0.15) is 0 Å². The van der Waals surface area contributed by atoms with Gasteiger partial charge in [-0.15, -0.1) is 11.8 Å². The third kappa shape index (κ3) is 4.54. The SMILES string of the molecule is OC1(C2(Sc3ccccc3)CC2)CCCCCCCCCCC1. The number of hydrogen-bond donors (Lipinski definition) is 1. The van der Waals surface area contributed by atoms with Crippen LogP contribution in [0.15, 0.2) is 35.2 Å². The monoisotopic (exact) mass is 332 g/mol. The van der Waals surface area contributed by atoms with E-state index in [0.717, 1.165) is 12.8 Å². The van der Waals surface area contributed by atoms with E-state index in [1.54, 1.807) is 0 Å². The highest BCUT2D eigenvalue weighted by Gasteiger charge is 2.58. The van der Waals surface area contributed by atoms with Gasteiger partial charge in [-0.05, 0) is 37.8 Å². The standard InChI is InChI=1S/C21H32OS/c22-20(15-11-6-4-2-1-3-5-7-12-16-20)21(17-18-21)23-19-13-9-8-10-14-19/h8-10,13-14,22H,1-7,11-12,15-18H2. The second kappa shape index (κ2) is 8.07.